The van der Waals surface area contributed by atoms with Gasteiger partial charge in [-0.15, -0.1) is 0 Å². The Kier molecular flexibility index (Phi) is 5.53. The van der Waals surface area contributed by atoms with Gasteiger partial charge in [-0.05, 0) is 54.7 Å². The number of carbonyl (C=O) groups is 1. The van der Waals surface area contributed by atoms with Crippen LogP contribution in [0.1, 0.15) is 30.0 Å². The molecule has 0 saturated carbocycles. The van der Waals surface area contributed by atoms with Crippen LogP contribution in [0.4, 0.5) is 9.18 Å². The lowest BCUT2D eigenvalue weighted by Gasteiger charge is -2.25. The van der Waals surface area contributed by atoms with Gasteiger partial charge < -0.3 is 15.0 Å². The first-order valence-corrected chi connectivity index (χ1v) is 8.60. The maximum absolute atomic E-state index is 13.2. The van der Waals surface area contributed by atoms with Crippen LogP contribution in [0.3, 0.4) is 0 Å². The molecule has 2 aromatic rings. The number of halogens is 1. The number of hydrogen-bond donors (Lipinski definition) is 1. The molecule has 1 unspecified atom stereocenters. The number of amides is 2. The highest BCUT2D eigenvalue weighted by atomic mass is 19.1. The Labute approximate surface area is 147 Å². The predicted octanol–water partition coefficient (Wildman–Crippen LogP) is 3.92. The molecule has 0 aromatic heterocycles. The number of ether oxygens (including phenoxy) is 1. The van der Waals surface area contributed by atoms with Crippen molar-refractivity contribution in [3.63, 3.8) is 0 Å². The molecule has 5 heteroatoms. The number of nitrogens with zero attached hydrogens (tertiary/aromatic N) is 1. The first-order valence-electron chi connectivity index (χ1n) is 8.60. The van der Waals surface area contributed by atoms with Crippen molar-refractivity contribution in [2.24, 2.45) is 0 Å². The molecule has 2 aromatic carbocycles. The second-order valence-electron chi connectivity index (χ2n) is 6.24. The largest absolute Gasteiger partial charge is 0.497 e. The van der Waals surface area contributed by atoms with Crippen molar-refractivity contribution in [2.45, 2.75) is 25.3 Å². The highest BCUT2D eigenvalue weighted by Crippen LogP contribution is 2.32. The molecule has 0 bridgehead atoms. The van der Waals surface area contributed by atoms with Crippen LogP contribution in [-0.2, 0) is 6.42 Å². The smallest absolute Gasteiger partial charge is 0.317 e. The van der Waals surface area contributed by atoms with Crippen molar-refractivity contribution in [1.82, 2.24) is 10.2 Å². The van der Waals surface area contributed by atoms with Crippen molar-refractivity contribution in [3.8, 4) is 5.75 Å². The third-order valence-corrected chi connectivity index (χ3v) is 4.59. The van der Waals surface area contributed by atoms with Crippen molar-refractivity contribution < 1.29 is 13.9 Å². The fourth-order valence-corrected chi connectivity index (χ4v) is 3.29. The molecule has 25 heavy (non-hydrogen) atoms. The van der Waals surface area contributed by atoms with E-state index in [1.54, 1.807) is 13.2 Å². The van der Waals surface area contributed by atoms with Crippen LogP contribution in [0.15, 0.2) is 48.5 Å². The number of likely N-dealkylation sites (tertiary alicyclic amines) is 1. The molecule has 0 aliphatic carbocycles. The number of hydrogen-bond acceptors (Lipinski definition) is 2. The molecule has 2 amide bonds. The Morgan fingerprint density at radius 1 is 1.28 bits per heavy atom. The zero-order chi connectivity index (χ0) is 17.6. The number of urea groups is 1. The molecular formula is C20H23FN2O2. The lowest BCUT2D eigenvalue weighted by atomic mass is 10.0. The van der Waals surface area contributed by atoms with E-state index < -0.39 is 0 Å². The monoisotopic (exact) mass is 342 g/mol. The van der Waals surface area contributed by atoms with E-state index in [-0.39, 0.29) is 17.9 Å². The van der Waals surface area contributed by atoms with Crippen molar-refractivity contribution in [2.75, 3.05) is 20.2 Å². The van der Waals surface area contributed by atoms with Crippen LogP contribution >= 0.6 is 0 Å². The molecule has 3 rings (SSSR count). The summed E-state index contributed by atoms with van der Waals surface area (Å²) in [6.07, 6.45) is 2.57. The Bertz CT molecular complexity index is 718. The number of nitrogens with one attached hydrogen (secondary N) is 1. The Balaban J connectivity index is 1.56. The average Bonchev–Trinajstić information content (AvgIpc) is 3.11. The summed E-state index contributed by atoms with van der Waals surface area (Å²) in [5.74, 6) is 0.566. The number of rotatable bonds is 5. The van der Waals surface area contributed by atoms with Crippen molar-refractivity contribution in [3.05, 3.63) is 65.5 Å². The van der Waals surface area contributed by atoms with E-state index in [9.17, 15) is 9.18 Å². The fraction of sp³-hybridized carbons (Fsp3) is 0.350. The zero-order valence-electron chi connectivity index (χ0n) is 14.4. The van der Waals surface area contributed by atoms with E-state index in [2.05, 4.69) is 5.32 Å². The summed E-state index contributed by atoms with van der Waals surface area (Å²) in [7, 11) is 1.64. The summed E-state index contributed by atoms with van der Waals surface area (Å²) in [5, 5.41) is 2.95. The van der Waals surface area contributed by atoms with Crippen LogP contribution in [0.5, 0.6) is 5.75 Å². The molecule has 1 heterocycles. The summed E-state index contributed by atoms with van der Waals surface area (Å²) >= 11 is 0. The van der Waals surface area contributed by atoms with Gasteiger partial charge in [0.15, 0.2) is 0 Å². The lowest BCUT2D eigenvalue weighted by Crippen LogP contribution is -2.40. The molecule has 1 N–H and O–H groups in total. The van der Waals surface area contributed by atoms with Crippen LogP contribution in [0, 0.1) is 5.82 Å². The van der Waals surface area contributed by atoms with Gasteiger partial charge in [0.05, 0.1) is 13.2 Å². The zero-order valence-corrected chi connectivity index (χ0v) is 14.4. The minimum atomic E-state index is -0.247. The van der Waals surface area contributed by atoms with Gasteiger partial charge in [0.2, 0.25) is 0 Å². The molecule has 4 nitrogen and oxygen atoms in total. The van der Waals surface area contributed by atoms with Crippen molar-refractivity contribution in [1.29, 1.82) is 0 Å². The van der Waals surface area contributed by atoms with Gasteiger partial charge >= 0.3 is 6.03 Å². The Morgan fingerprint density at radius 3 is 2.80 bits per heavy atom. The standard InChI is InChI=1S/C20H23FN2O2/c1-25-18-9-7-16(8-10-18)19-6-3-13-23(19)20(24)22-12-11-15-4-2-5-17(21)14-15/h2,4-5,7-10,14,19H,3,6,11-13H2,1H3,(H,22,24). The van der Waals surface area contributed by atoms with E-state index in [1.807, 2.05) is 35.2 Å². The molecule has 1 fully saturated rings. The molecule has 0 spiro atoms. The number of methoxy groups -OCH3 is 1. The average molecular weight is 342 g/mol. The second-order valence-corrected chi connectivity index (χ2v) is 6.24. The summed E-state index contributed by atoms with van der Waals surface area (Å²) in [6, 6.07) is 14.4. The van der Waals surface area contributed by atoms with Gasteiger partial charge in [-0.3, -0.25) is 0 Å². The van der Waals surface area contributed by atoms with Crippen LogP contribution in [-0.4, -0.2) is 31.1 Å². The summed E-state index contributed by atoms with van der Waals surface area (Å²) in [6.45, 7) is 1.25. The summed E-state index contributed by atoms with van der Waals surface area (Å²) < 4.78 is 18.4. The van der Waals surface area contributed by atoms with Gasteiger partial charge in [0.1, 0.15) is 11.6 Å². The highest BCUT2D eigenvalue weighted by molar-refractivity contribution is 5.75. The molecule has 0 radical (unpaired) electrons. The van der Waals surface area contributed by atoms with E-state index in [1.165, 1.54) is 12.1 Å². The molecule has 1 aliphatic heterocycles. The maximum atomic E-state index is 13.2. The lowest BCUT2D eigenvalue weighted by molar-refractivity contribution is 0.193. The quantitative estimate of drug-likeness (QED) is 0.895. The minimum absolute atomic E-state index is 0.0604. The third-order valence-electron chi connectivity index (χ3n) is 4.59. The third kappa shape index (κ3) is 4.29. The van der Waals surface area contributed by atoms with Gasteiger partial charge in [0.25, 0.3) is 0 Å². The Hall–Kier alpha value is -2.56. The van der Waals surface area contributed by atoms with Crippen LogP contribution < -0.4 is 10.1 Å². The van der Waals surface area contributed by atoms with E-state index in [0.29, 0.717) is 13.0 Å². The van der Waals surface area contributed by atoms with Gasteiger partial charge in [-0.1, -0.05) is 24.3 Å². The number of carbonyl (C=O) groups excluding carboxylic acids is 1. The van der Waals surface area contributed by atoms with Gasteiger partial charge in [-0.2, -0.15) is 0 Å². The SMILES string of the molecule is COc1ccc(C2CCCN2C(=O)NCCc2cccc(F)c2)cc1. The molecule has 1 atom stereocenters. The highest BCUT2D eigenvalue weighted by Gasteiger charge is 2.29. The van der Waals surface area contributed by atoms with E-state index >= 15 is 0 Å². The van der Waals surface area contributed by atoms with E-state index in [4.69, 9.17) is 4.74 Å². The molecule has 1 saturated heterocycles. The summed E-state index contributed by atoms with van der Waals surface area (Å²) in [5.41, 5.74) is 2.01. The van der Waals surface area contributed by atoms with Crippen LogP contribution in [0.25, 0.3) is 0 Å². The minimum Gasteiger partial charge on any atom is -0.497 e. The van der Waals surface area contributed by atoms with Crippen molar-refractivity contribution >= 4 is 6.03 Å². The maximum Gasteiger partial charge on any atom is 0.317 e. The first kappa shape index (κ1) is 17.3. The molecular weight excluding hydrogens is 319 g/mol. The normalized spacial score (nSPS) is 16.7. The first-order chi connectivity index (χ1) is 12.2. The van der Waals surface area contributed by atoms with Gasteiger partial charge in [0, 0.05) is 13.1 Å². The topological polar surface area (TPSA) is 41.6 Å². The van der Waals surface area contributed by atoms with E-state index in [0.717, 1.165) is 36.3 Å². The van der Waals surface area contributed by atoms with Gasteiger partial charge in [-0.25, -0.2) is 9.18 Å². The fourth-order valence-electron chi connectivity index (χ4n) is 3.29. The summed E-state index contributed by atoms with van der Waals surface area (Å²) in [4.78, 5) is 14.4. The molecule has 132 valence electrons. The molecule has 1 aliphatic rings. The predicted molar refractivity (Wildman–Crippen MR) is 95.2 cm³/mol. The Morgan fingerprint density at radius 2 is 2.08 bits per heavy atom. The second kappa shape index (κ2) is 8.01. The van der Waals surface area contributed by atoms with Crippen LogP contribution in [0.2, 0.25) is 0 Å². The number of benzene rings is 2.